The van der Waals surface area contributed by atoms with Crippen LogP contribution < -0.4 is 5.73 Å². The Balaban J connectivity index is 2.27. The van der Waals surface area contributed by atoms with E-state index in [0.29, 0.717) is 0 Å². The van der Waals surface area contributed by atoms with Crippen molar-refractivity contribution in [1.29, 1.82) is 0 Å². The van der Waals surface area contributed by atoms with Crippen molar-refractivity contribution in [3.63, 3.8) is 0 Å². The highest BCUT2D eigenvalue weighted by atomic mass is 32.2. The second-order valence-electron chi connectivity index (χ2n) is 6.62. The number of nitrogens with zero attached hydrogens (tertiary/aromatic N) is 1. The Labute approximate surface area is 128 Å². The van der Waals surface area contributed by atoms with E-state index < -0.39 is 21.5 Å². The van der Waals surface area contributed by atoms with Crippen molar-refractivity contribution in [2.24, 2.45) is 10.3 Å². The van der Waals surface area contributed by atoms with Gasteiger partial charge in [0.15, 0.2) is 0 Å². The molecule has 0 bridgehead atoms. The van der Waals surface area contributed by atoms with E-state index in [2.05, 4.69) is 4.40 Å². The number of rotatable bonds is 5. The summed E-state index contributed by atoms with van der Waals surface area (Å²) in [6.07, 6.45) is 4.33. The lowest BCUT2D eigenvalue weighted by molar-refractivity contribution is 0.632. The van der Waals surface area contributed by atoms with Gasteiger partial charge in [-0.3, -0.25) is 0 Å². The number of anilines is 1. The molecule has 0 unspecified atom stereocenters. The monoisotopic (exact) mass is 310 g/mol. The molecule has 1 aromatic carbocycles. The highest BCUT2D eigenvalue weighted by Crippen LogP contribution is 2.34. The molecule has 1 aliphatic rings. The van der Waals surface area contributed by atoms with E-state index >= 15 is 0 Å². The van der Waals surface area contributed by atoms with Crippen molar-refractivity contribution in [3.05, 3.63) is 29.6 Å². The molecule has 116 valence electrons. The van der Waals surface area contributed by atoms with E-state index in [4.69, 9.17) is 5.73 Å². The van der Waals surface area contributed by atoms with E-state index in [0.717, 1.165) is 30.0 Å². The van der Waals surface area contributed by atoms with Gasteiger partial charge in [-0.1, -0.05) is 18.9 Å². The fourth-order valence-electron chi connectivity index (χ4n) is 1.95. The van der Waals surface area contributed by atoms with Crippen LogP contribution in [0.5, 0.6) is 0 Å². The van der Waals surface area contributed by atoms with Gasteiger partial charge in [-0.15, -0.1) is 0 Å². The van der Waals surface area contributed by atoms with E-state index in [1.807, 2.05) is 20.8 Å². The summed E-state index contributed by atoms with van der Waals surface area (Å²) >= 11 is 0. The first-order valence-corrected chi connectivity index (χ1v) is 8.43. The second-order valence-corrected chi connectivity index (χ2v) is 8.52. The average molecular weight is 310 g/mol. The Kier molecular flexibility index (Phi) is 4.81. The number of halogens is 1. The molecule has 0 spiro atoms. The van der Waals surface area contributed by atoms with Gasteiger partial charge in [0.2, 0.25) is 0 Å². The second kappa shape index (κ2) is 6.26. The van der Waals surface area contributed by atoms with Crippen molar-refractivity contribution in [2.45, 2.75) is 51.2 Å². The fraction of sp³-hybridized carbons (Fsp3) is 0.562. The predicted molar refractivity (Wildman–Crippen MR) is 87.2 cm³/mol. The first-order valence-electron chi connectivity index (χ1n) is 7.32. The van der Waals surface area contributed by atoms with Crippen LogP contribution in [0.2, 0.25) is 0 Å². The smallest absolute Gasteiger partial charge is 0.146 e. The van der Waals surface area contributed by atoms with Crippen molar-refractivity contribution < 1.29 is 8.60 Å². The van der Waals surface area contributed by atoms with Crippen LogP contribution in [-0.2, 0) is 11.0 Å². The SMILES string of the molecule is CC(C)(C)[S@](=O)/N=C(/CCC1CC1)c1ccc(F)c(N)c1. The zero-order chi connectivity index (χ0) is 15.6. The van der Waals surface area contributed by atoms with Gasteiger partial charge < -0.3 is 5.73 Å². The third-order valence-electron chi connectivity index (χ3n) is 3.53. The molecule has 1 aliphatic carbocycles. The third kappa shape index (κ3) is 4.63. The molecular weight excluding hydrogens is 287 g/mol. The first kappa shape index (κ1) is 16.1. The molecule has 0 amide bonds. The van der Waals surface area contributed by atoms with E-state index in [1.165, 1.54) is 18.9 Å². The molecule has 0 radical (unpaired) electrons. The minimum atomic E-state index is -1.32. The van der Waals surface area contributed by atoms with Crippen LogP contribution in [-0.4, -0.2) is 14.7 Å². The lowest BCUT2D eigenvalue weighted by Gasteiger charge is -2.15. The summed E-state index contributed by atoms with van der Waals surface area (Å²) in [5.74, 6) is 0.327. The molecule has 1 aromatic rings. The molecule has 0 saturated heterocycles. The quantitative estimate of drug-likeness (QED) is 0.663. The van der Waals surface area contributed by atoms with Crippen LogP contribution in [0.4, 0.5) is 10.1 Å². The van der Waals surface area contributed by atoms with Gasteiger partial charge in [0, 0.05) is 0 Å². The van der Waals surface area contributed by atoms with Crippen LogP contribution in [0.25, 0.3) is 0 Å². The Morgan fingerprint density at radius 2 is 2.10 bits per heavy atom. The molecule has 2 N–H and O–H groups in total. The molecule has 0 aliphatic heterocycles. The van der Waals surface area contributed by atoms with Gasteiger partial charge >= 0.3 is 0 Å². The Bertz CT molecular complexity index is 574. The van der Waals surface area contributed by atoms with Crippen LogP contribution in [0.1, 0.15) is 52.0 Å². The fourth-order valence-corrected chi connectivity index (χ4v) is 2.62. The van der Waals surface area contributed by atoms with Crippen LogP contribution >= 0.6 is 0 Å². The first-order chi connectivity index (χ1) is 9.77. The lowest BCUT2D eigenvalue weighted by Crippen LogP contribution is -2.21. The van der Waals surface area contributed by atoms with Crippen molar-refractivity contribution in [1.82, 2.24) is 0 Å². The van der Waals surface area contributed by atoms with Gasteiger partial charge in [-0.2, -0.15) is 4.40 Å². The minimum Gasteiger partial charge on any atom is -0.396 e. The maximum Gasteiger partial charge on any atom is 0.146 e. The molecule has 1 atom stereocenters. The van der Waals surface area contributed by atoms with Gasteiger partial charge in [0.1, 0.15) is 16.8 Å². The third-order valence-corrected chi connectivity index (χ3v) is 4.97. The molecule has 0 aromatic heterocycles. The summed E-state index contributed by atoms with van der Waals surface area (Å²) in [4.78, 5) is 0. The Hall–Kier alpha value is -1.23. The normalized spacial score (nSPS) is 17.8. The van der Waals surface area contributed by atoms with E-state index in [9.17, 15) is 8.60 Å². The van der Waals surface area contributed by atoms with Crippen molar-refractivity contribution in [2.75, 3.05) is 5.73 Å². The maximum atomic E-state index is 13.3. The number of hydrogen-bond acceptors (Lipinski definition) is 2. The largest absolute Gasteiger partial charge is 0.396 e. The maximum absolute atomic E-state index is 13.3. The van der Waals surface area contributed by atoms with Crippen LogP contribution in [0.3, 0.4) is 0 Å². The van der Waals surface area contributed by atoms with Crippen LogP contribution in [0.15, 0.2) is 22.6 Å². The van der Waals surface area contributed by atoms with Gasteiger partial charge in [0.05, 0.1) is 16.1 Å². The molecule has 1 fully saturated rings. The lowest BCUT2D eigenvalue weighted by atomic mass is 10.0. The topological polar surface area (TPSA) is 55.5 Å². The molecule has 0 heterocycles. The molecule has 5 heteroatoms. The van der Waals surface area contributed by atoms with Crippen molar-refractivity contribution in [3.8, 4) is 0 Å². The van der Waals surface area contributed by atoms with E-state index in [1.54, 1.807) is 12.1 Å². The standard InChI is InChI=1S/C16H23FN2OS/c1-16(2,3)21(20)19-15(9-6-11-4-5-11)12-7-8-13(17)14(18)10-12/h7-8,10-11H,4-6,9,18H2,1-3H3/b19-15-/t21-/m0/s1. The summed E-state index contributed by atoms with van der Waals surface area (Å²) in [6.45, 7) is 5.68. The molecule has 3 nitrogen and oxygen atoms in total. The number of nitrogen functional groups attached to an aromatic ring is 1. The molecular formula is C16H23FN2OS. The number of nitrogens with two attached hydrogens (primary N) is 1. The molecule has 21 heavy (non-hydrogen) atoms. The number of benzene rings is 1. The highest BCUT2D eigenvalue weighted by molar-refractivity contribution is 7.85. The Morgan fingerprint density at radius 3 is 2.62 bits per heavy atom. The Morgan fingerprint density at radius 1 is 1.43 bits per heavy atom. The summed E-state index contributed by atoms with van der Waals surface area (Å²) < 4.78 is 29.6. The predicted octanol–water partition coefficient (Wildman–Crippen LogP) is 3.85. The van der Waals surface area contributed by atoms with Gasteiger partial charge in [0.25, 0.3) is 0 Å². The zero-order valence-corrected chi connectivity index (χ0v) is 13.7. The van der Waals surface area contributed by atoms with Gasteiger partial charge in [-0.25, -0.2) is 8.60 Å². The van der Waals surface area contributed by atoms with Crippen molar-refractivity contribution >= 4 is 22.4 Å². The highest BCUT2D eigenvalue weighted by Gasteiger charge is 2.24. The van der Waals surface area contributed by atoms with Gasteiger partial charge in [-0.05, 0) is 57.2 Å². The summed E-state index contributed by atoms with van der Waals surface area (Å²) in [5.41, 5.74) is 7.28. The van der Waals surface area contributed by atoms with Crippen LogP contribution in [0, 0.1) is 11.7 Å². The summed E-state index contributed by atoms with van der Waals surface area (Å²) in [6, 6.07) is 4.59. The van der Waals surface area contributed by atoms with E-state index in [-0.39, 0.29) is 5.69 Å². The summed E-state index contributed by atoms with van der Waals surface area (Å²) in [7, 11) is -1.32. The average Bonchev–Trinajstić information content (AvgIpc) is 3.20. The molecule has 2 rings (SSSR count). The summed E-state index contributed by atoms with van der Waals surface area (Å²) in [5, 5.41) is 0. The zero-order valence-electron chi connectivity index (χ0n) is 12.9. The number of hydrogen-bond donors (Lipinski definition) is 1. The molecule has 1 saturated carbocycles. The minimum absolute atomic E-state index is 0.105.